The first-order chi connectivity index (χ1) is 12.9. The van der Waals surface area contributed by atoms with Gasteiger partial charge < -0.3 is 10.1 Å². The molecule has 7 heteroatoms. The van der Waals surface area contributed by atoms with Gasteiger partial charge in [0.15, 0.2) is 0 Å². The lowest BCUT2D eigenvalue weighted by Crippen LogP contribution is -2.38. The molecule has 27 heavy (non-hydrogen) atoms. The maximum atomic E-state index is 13.4. The number of amides is 1. The zero-order valence-electron chi connectivity index (χ0n) is 15.5. The van der Waals surface area contributed by atoms with E-state index in [4.69, 9.17) is 4.74 Å². The first-order valence-corrected chi connectivity index (χ1v) is 8.99. The summed E-state index contributed by atoms with van der Waals surface area (Å²) in [5.41, 5.74) is 0.902. The van der Waals surface area contributed by atoms with Crippen molar-refractivity contribution in [1.29, 1.82) is 0 Å². The second-order valence-electron chi connectivity index (χ2n) is 7.28. The van der Waals surface area contributed by atoms with E-state index in [0.29, 0.717) is 18.9 Å². The fourth-order valence-electron chi connectivity index (χ4n) is 3.34. The van der Waals surface area contributed by atoms with Gasteiger partial charge in [-0.2, -0.15) is 9.37 Å². The van der Waals surface area contributed by atoms with Crippen molar-refractivity contribution in [2.24, 2.45) is 11.3 Å². The van der Waals surface area contributed by atoms with Crippen LogP contribution < -0.4 is 10.1 Å². The molecule has 1 heterocycles. The number of hydrogen-bond acceptors (Lipinski definition) is 4. The van der Waals surface area contributed by atoms with Gasteiger partial charge in [-0.3, -0.25) is 4.79 Å². The summed E-state index contributed by atoms with van der Waals surface area (Å²) in [7, 11) is 1.28. The third-order valence-electron chi connectivity index (χ3n) is 5.08. The van der Waals surface area contributed by atoms with Gasteiger partial charge in [0.2, 0.25) is 11.6 Å². The van der Waals surface area contributed by atoms with E-state index in [0.717, 1.165) is 31.0 Å². The Kier molecular flexibility index (Phi) is 5.68. The summed E-state index contributed by atoms with van der Waals surface area (Å²) >= 11 is 0. The number of ether oxygens (including phenoxy) is 1. The third kappa shape index (κ3) is 4.78. The van der Waals surface area contributed by atoms with Crippen molar-refractivity contribution in [3.8, 4) is 5.88 Å². The number of nitrogens with zero attached hydrogens (tertiary/aromatic N) is 2. The summed E-state index contributed by atoms with van der Waals surface area (Å²) in [6.45, 7) is 2.56. The van der Waals surface area contributed by atoms with E-state index in [1.165, 1.54) is 13.2 Å². The molecule has 1 atom stereocenters. The van der Waals surface area contributed by atoms with Crippen LogP contribution in [-0.4, -0.2) is 29.5 Å². The van der Waals surface area contributed by atoms with Crippen LogP contribution in [0.3, 0.4) is 0 Å². The van der Waals surface area contributed by atoms with Crippen molar-refractivity contribution in [3.63, 3.8) is 0 Å². The number of hydrogen-bond donors (Lipinski definition) is 1. The number of carbonyl (C=O) groups is 1. The Morgan fingerprint density at radius 1 is 1.33 bits per heavy atom. The molecule has 1 aromatic rings. The molecule has 1 saturated carbocycles. The van der Waals surface area contributed by atoms with Crippen LogP contribution in [0.4, 0.5) is 8.78 Å². The fourth-order valence-corrected chi connectivity index (χ4v) is 3.34. The van der Waals surface area contributed by atoms with Crippen LogP contribution in [0, 0.1) is 17.2 Å². The molecule has 0 spiro atoms. The first kappa shape index (κ1) is 19.2. The van der Waals surface area contributed by atoms with E-state index in [2.05, 4.69) is 22.2 Å². The topological polar surface area (TPSA) is 64.1 Å². The Morgan fingerprint density at radius 3 is 2.81 bits per heavy atom. The highest BCUT2D eigenvalue weighted by molar-refractivity contribution is 5.90. The van der Waals surface area contributed by atoms with E-state index in [1.54, 1.807) is 12.2 Å². The number of aromatic nitrogens is 2. The molecule has 0 aliphatic heterocycles. The van der Waals surface area contributed by atoms with Gasteiger partial charge in [-0.15, -0.1) is 0 Å². The normalized spacial score (nSPS) is 18.8. The lowest BCUT2D eigenvalue weighted by atomic mass is 9.78. The molecule has 0 aromatic carbocycles. The largest absolute Gasteiger partial charge is 0.479 e. The highest BCUT2D eigenvalue weighted by atomic mass is 19.1. The van der Waals surface area contributed by atoms with Crippen molar-refractivity contribution in [2.45, 2.75) is 32.6 Å². The number of halogens is 2. The Bertz CT molecular complexity index is 815. The minimum absolute atomic E-state index is 0.133. The summed E-state index contributed by atoms with van der Waals surface area (Å²) in [6, 6.07) is 0. The Morgan fingerprint density at radius 2 is 2.11 bits per heavy atom. The molecule has 5 nitrogen and oxygen atoms in total. The quantitative estimate of drug-likeness (QED) is 0.785. The van der Waals surface area contributed by atoms with E-state index in [-0.39, 0.29) is 22.9 Å². The molecule has 2 aliphatic rings. The van der Waals surface area contributed by atoms with Gasteiger partial charge >= 0.3 is 0 Å². The second-order valence-corrected chi connectivity index (χ2v) is 7.28. The Hall–Kier alpha value is -2.57. The molecular weight excluding hydrogens is 352 g/mol. The first-order valence-electron chi connectivity index (χ1n) is 8.99. The van der Waals surface area contributed by atoms with E-state index < -0.39 is 11.7 Å². The molecule has 144 valence electrons. The van der Waals surface area contributed by atoms with Crippen LogP contribution in [0.15, 0.2) is 41.9 Å². The summed E-state index contributed by atoms with van der Waals surface area (Å²) < 4.78 is 31.6. The summed E-state index contributed by atoms with van der Waals surface area (Å²) in [6.07, 6.45) is 11.3. The molecule has 0 bridgehead atoms. The van der Waals surface area contributed by atoms with Crippen LogP contribution in [0.2, 0.25) is 0 Å². The highest BCUT2D eigenvalue weighted by Crippen LogP contribution is 2.49. The predicted molar refractivity (Wildman–Crippen MR) is 97.4 cm³/mol. The smallest absolute Gasteiger partial charge is 0.289 e. The standard InChI is InChI=1S/C20H23F2N3O2/c1-20(14-7-8-14,10-13-4-3-5-15(21)9-6-13)12-24-18(26)17-23-11-16(22)19(25-17)27-2/h4-6,9,11,14H,3,7-8,10,12H2,1-2H3,(H,24,26). The Balaban J connectivity index is 1.67. The number of methoxy groups -OCH3 is 1. The van der Waals surface area contributed by atoms with E-state index in [1.807, 2.05) is 6.08 Å². The van der Waals surface area contributed by atoms with E-state index >= 15 is 0 Å². The lowest BCUT2D eigenvalue weighted by molar-refractivity contribution is 0.0915. The molecule has 1 fully saturated rings. The zero-order valence-corrected chi connectivity index (χ0v) is 15.5. The van der Waals surface area contributed by atoms with Gasteiger partial charge in [0.05, 0.1) is 13.3 Å². The summed E-state index contributed by atoms with van der Waals surface area (Å²) in [5.74, 6) is -1.32. The average molecular weight is 375 g/mol. The molecule has 3 rings (SSSR count). The Labute approximate surface area is 157 Å². The molecule has 0 radical (unpaired) electrons. The summed E-state index contributed by atoms with van der Waals surface area (Å²) in [5, 5.41) is 2.87. The maximum Gasteiger partial charge on any atom is 0.289 e. The molecule has 1 amide bonds. The van der Waals surface area contributed by atoms with Crippen molar-refractivity contribution in [2.75, 3.05) is 13.7 Å². The molecule has 1 aromatic heterocycles. The number of carbonyl (C=O) groups excluding carboxylic acids is 1. The van der Waals surface area contributed by atoms with Crippen LogP contribution >= 0.6 is 0 Å². The number of nitrogens with one attached hydrogen (secondary N) is 1. The van der Waals surface area contributed by atoms with Gasteiger partial charge in [-0.1, -0.05) is 24.6 Å². The average Bonchev–Trinajstić information content (AvgIpc) is 3.50. The molecule has 2 aliphatic carbocycles. The van der Waals surface area contributed by atoms with Crippen molar-refractivity contribution >= 4 is 5.91 Å². The van der Waals surface area contributed by atoms with Gasteiger partial charge in [0.1, 0.15) is 5.83 Å². The molecule has 1 N–H and O–H groups in total. The van der Waals surface area contributed by atoms with Crippen molar-refractivity contribution < 1.29 is 18.3 Å². The van der Waals surface area contributed by atoms with Crippen LogP contribution in [-0.2, 0) is 0 Å². The van der Waals surface area contributed by atoms with Crippen LogP contribution in [0.1, 0.15) is 43.2 Å². The number of rotatable bonds is 7. The monoisotopic (exact) mass is 375 g/mol. The molecule has 0 saturated heterocycles. The van der Waals surface area contributed by atoms with Gasteiger partial charge in [0.25, 0.3) is 11.8 Å². The highest BCUT2D eigenvalue weighted by Gasteiger charge is 2.41. The van der Waals surface area contributed by atoms with Crippen molar-refractivity contribution in [3.05, 3.63) is 53.5 Å². The predicted octanol–water partition coefficient (Wildman–Crippen LogP) is 3.90. The molecule has 1 unspecified atom stereocenters. The SMILES string of the molecule is COc1nc(C(=O)NCC(C)(CC2=CCC=C(F)C=C2)C2CC2)ncc1F. The fraction of sp³-hybridized carbons (Fsp3) is 0.450. The van der Waals surface area contributed by atoms with Gasteiger partial charge in [-0.05, 0) is 49.2 Å². The lowest BCUT2D eigenvalue weighted by Gasteiger charge is -2.30. The third-order valence-corrected chi connectivity index (χ3v) is 5.08. The minimum atomic E-state index is -0.718. The molecular formula is C20H23F2N3O2. The van der Waals surface area contributed by atoms with Crippen LogP contribution in [0.25, 0.3) is 0 Å². The zero-order chi connectivity index (χ0) is 19.4. The van der Waals surface area contributed by atoms with Gasteiger partial charge in [-0.25, -0.2) is 9.37 Å². The van der Waals surface area contributed by atoms with E-state index in [9.17, 15) is 13.6 Å². The van der Waals surface area contributed by atoms with Crippen LogP contribution in [0.5, 0.6) is 5.88 Å². The number of allylic oxidation sites excluding steroid dienone is 6. The summed E-state index contributed by atoms with van der Waals surface area (Å²) in [4.78, 5) is 19.9. The van der Waals surface area contributed by atoms with Crippen molar-refractivity contribution in [1.82, 2.24) is 15.3 Å². The van der Waals surface area contributed by atoms with Gasteiger partial charge in [0, 0.05) is 6.54 Å². The second kappa shape index (κ2) is 7.98. The minimum Gasteiger partial charge on any atom is -0.479 e. The maximum absolute atomic E-state index is 13.4.